The molecule has 0 saturated heterocycles. The Morgan fingerprint density at radius 1 is 1.14 bits per heavy atom. The van der Waals surface area contributed by atoms with Crippen molar-refractivity contribution in [2.45, 2.75) is 45.3 Å². The Hall–Kier alpha value is -2.32. The fourth-order valence-electron chi connectivity index (χ4n) is 1.24. The van der Waals surface area contributed by atoms with E-state index in [1.54, 1.807) is 20.8 Å². The molecule has 0 saturated carbocycles. The molecular formula is C12H20N2O7. The summed E-state index contributed by atoms with van der Waals surface area (Å²) in [4.78, 5) is 44.0. The number of hydrogen-bond acceptors (Lipinski definition) is 5. The zero-order valence-electron chi connectivity index (χ0n) is 12.1. The fourth-order valence-corrected chi connectivity index (χ4v) is 1.24. The lowest BCUT2D eigenvalue weighted by Gasteiger charge is -2.20. The Bertz CT molecular complexity index is 414. The normalized spacial score (nSPS) is 12.1. The van der Waals surface area contributed by atoms with E-state index in [-0.39, 0.29) is 6.42 Å². The van der Waals surface area contributed by atoms with E-state index in [2.05, 4.69) is 10.6 Å². The van der Waals surface area contributed by atoms with Crippen molar-refractivity contribution >= 4 is 23.9 Å². The molecule has 0 bridgehead atoms. The maximum Gasteiger partial charge on any atom is 0.408 e. The van der Waals surface area contributed by atoms with Crippen LogP contribution in [0.15, 0.2) is 0 Å². The van der Waals surface area contributed by atoms with Gasteiger partial charge < -0.3 is 25.6 Å². The van der Waals surface area contributed by atoms with Crippen LogP contribution in [0.1, 0.15) is 33.6 Å². The molecule has 0 unspecified atom stereocenters. The van der Waals surface area contributed by atoms with Gasteiger partial charge >= 0.3 is 18.0 Å². The first-order valence-corrected chi connectivity index (χ1v) is 6.22. The number of alkyl carbamates (subject to hydrolysis) is 1. The van der Waals surface area contributed by atoms with Crippen LogP contribution in [0.5, 0.6) is 0 Å². The predicted octanol–water partition coefficient (Wildman–Crippen LogP) is -0.0547. The second-order valence-electron chi connectivity index (χ2n) is 5.25. The second-order valence-corrected chi connectivity index (χ2v) is 5.25. The number of carboxylic acid groups (broad SMARTS) is 2. The van der Waals surface area contributed by atoms with Crippen molar-refractivity contribution in [2.75, 3.05) is 6.54 Å². The summed E-state index contributed by atoms with van der Waals surface area (Å²) in [5.41, 5.74) is -0.717. The zero-order chi connectivity index (χ0) is 16.6. The summed E-state index contributed by atoms with van der Waals surface area (Å²) >= 11 is 0. The average molecular weight is 304 g/mol. The topological polar surface area (TPSA) is 142 Å². The number of nitrogens with one attached hydrogen (secondary N) is 2. The van der Waals surface area contributed by atoms with E-state index in [1.807, 2.05) is 0 Å². The number of rotatable bonds is 7. The number of carbonyl (C=O) groups excluding carboxylic acids is 2. The molecule has 0 aromatic carbocycles. The summed E-state index contributed by atoms with van der Waals surface area (Å²) in [5.74, 6) is -3.26. The molecule has 1 atom stereocenters. The molecule has 9 nitrogen and oxygen atoms in total. The molecule has 0 aromatic heterocycles. The van der Waals surface area contributed by atoms with Gasteiger partial charge in [-0.1, -0.05) is 0 Å². The Balaban J connectivity index is 4.23. The number of carboxylic acids is 2. The minimum atomic E-state index is -1.35. The first-order valence-electron chi connectivity index (χ1n) is 6.22. The number of aliphatic carboxylic acids is 2. The first kappa shape index (κ1) is 18.7. The third-order valence-corrected chi connectivity index (χ3v) is 2.07. The van der Waals surface area contributed by atoms with Crippen LogP contribution < -0.4 is 10.6 Å². The Kier molecular flexibility index (Phi) is 7.18. The number of hydrogen-bond donors (Lipinski definition) is 4. The minimum absolute atomic E-state index is 0.247. The van der Waals surface area contributed by atoms with Crippen molar-refractivity contribution in [1.29, 1.82) is 0 Å². The molecule has 120 valence electrons. The largest absolute Gasteiger partial charge is 0.481 e. The smallest absolute Gasteiger partial charge is 0.408 e. The zero-order valence-corrected chi connectivity index (χ0v) is 12.1. The van der Waals surface area contributed by atoms with Gasteiger partial charge in [-0.25, -0.2) is 9.59 Å². The van der Waals surface area contributed by atoms with E-state index in [0.29, 0.717) is 0 Å². The quantitative estimate of drug-likeness (QED) is 0.516. The Morgan fingerprint density at radius 2 is 1.71 bits per heavy atom. The van der Waals surface area contributed by atoms with E-state index >= 15 is 0 Å². The molecule has 4 N–H and O–H groups in total. The molecule has 21 heavy (non-hydrogen) atoms. The molecule has 0 spiro atoms. The number of amides is 2. The summed E-state index contributed by atoms with van der Waals surface area (Å²) in [6.45, 7) is 4.49. The van der Waals surface area contributed by atoms with Crippen LogP contribution in [0.25, 0.3) is 0 Å². The molecule has 0 aliphatic carbocycles. The molecule has 0 aliphatic heterocycles. The highest BCUT2D eigenvalue weighted by Crippen LogP contribution is 2.06. The van der Waals surface area contributed by atoms with Gasteiger partial charge in [0.2, 0.25) is 5.91 Å². The highest BCUT2D eigenvalue weighted by molar-refractivity contribution is 5.86. The van der Waals surface area contributed by atoms with Crippen molar-refractivity contribution < 1.29 is 34.1 Å². The van der Waals surface area contributed by atoms with Crippen LogP contribution in [0.4, 0.5) is 4.79 Å². The lowest BCUT2D eigenvalue weighted by atomic mass is 10.1. The maximum absolute atomic E-state index is 11.5. The maximum atomic E-state index is 11.5. The molecule has 0 rings (SSSR count). The Labute approximate surface area is 121 Å². The third-order valence-electron chi connectivity index (χ3n) is 2.07. The van der Waals surface area contributed by atoms with E-state index in [4.69, 9.17) is 14.9 Å². The van der Waals surface area contributed by atoms with Gasteiger partial charge in [-0.2, -0.15) is 0 Å². The summed E-state index contributed by atoms with van der Waals surface area (Å²) in [7, 11) is 0. The van der Waals surface area contributed by atoms with Gasteiger partial charge in [0.15, 0.2) is 0 Å². The van der Waals surface area contributed by atoms with E-state index in [9.17, 15) is 19.2 Å². The highest BCUT2D eigenvalue weighted by Gasteiger charge is 2.22. The van der Waals surface area contributed by atoms with Crippen molar-refractivity contribution in [2.24, 2.45) is 0 Å². The van der Waals surface area contributed by atoms with Crippen molar-refractivity contribution in [3.05, 3.63) is 0 Å². The molecule has 0 aliphatic rings. The van der Waals surface area contributed by atoms with E-state index in [1.165, 1.54) is 0 Å². The summed E-state index contributed by atoms with van der Waals surface area (Å²) < 4.78 is 4.90. The average Bonchev–Trinajstić information content (AvgIpc) is 2.29. The van der Waals surface area contributed by atoms with Crippen LogP contribution in [0, 0.1) is 0 Å². The SMILES string of the molecule is CC(C)(C)OC(=O)NCC(=O)N[C@@H](CCC(=O)O)C(=O)O. The monoisotopic (exact) mass is 304 g/mol. The first-order chi connectivity index (χ1) is 9.51. The van der Waals surface area contributed by atoms with Gasteiger partial charge in [0, 0.05) is 6.42 Å². The summed E-state index contributed by atoms with van der Waals surface area (Å²) in [6.07, 6.45) is -1.45. The fraction of sp³-hybridized carbons (Fsp3) is 0.667. The van der Waals surface area contributed by atoms with Gasteiger partial charge in [0.25, 0.3) is 0 Å². The Morgan fingerprint density at radius 3 is 2.14 bits per heavy atom. The van der Waals surface area contributed by atoms with Crippen LogP contribution in [-0.2, 0) is 19.1 Å². The third kappa shape index (κ3) is 10.2. The van der Waals surface area contributed by atoms with Crippen LogP contribution in [0.2, 0.25) is 0 Å². The minimum Gasteiger partial charge on any atom is -0.481 e. The van der Waals surface area contributed by atoms with E-state index in [0.717, 1.165) is 0 Å². The lowest BCUT2D eigenvalue weighted by Crippen LogP contribution is -2.46. The van der Waals surface area contributed by atoms with Gasteiger partial charge in [0.05, 0.1) is 0 Å². The van der Waals surface area contributed by atoms with Crippen molar-refractivity contribution in [3.63, 3.8) is 0 Å². The van der Waals surface area contributed by atoms with Crippen molar-refractivity contribution in [1.82, 2.24) is 10.6 Å². The van der Waals surface area contributed by atoms with E-state index < -0.39 is 48.5 Å². The molecule has 0 aromatic rings. The summed E-state index contributed by atoms with van der Waals surface area (Å²) in [6, 6.07) is -1.32. The van der Waals surface area contributed by atoms with Crippen molar-refractivity contribution in [3.8, 4) is 0 Å². The highest BCUT2D eigenvalue weighted by atomic mass is 16.6. The standard InChI is InChI=1S/C12H20N2O7/c1-12(2,3)21-11(20)13-6-8(15)14-7(10(18)19)4-5-9(16)17/h7H,4-6H2,1-3H3,(H,13,20)(H,14,15)(H,16,17)(H,18,19)/t7-/m0/s1. The van der Waals surface area contributed by atoms with Crippen LogP contribution in [-0.4, -0.2) is 52.3 Å². The molecule has 9 heteroatoms. The second kappa shape index (κ2) is 8.08. The molecular weight excluding hydrogens is 284 g/mol. The van der Waals surface area contributed by atoms with Gasteiger partial charge in [-0.05, 0) is 27.2 Å². The molecule has 0 heterocycles. The molecule has 0 radical (unpaired) electrons. The molecule has 2 amide bonds. The van der Waals surface area contributed by atoms with Gasteiger partial charge in [-0.3, -0.25) is 9.59 Å². The van der Waals surface area contributed by atoms with Gasteiger partial charge in [-0.15, -0.1) is 0 Å². The predicted molar refractivity (Wildman–Crippen MR) is 70.7 cm³/mol. The number of carbonyl (C=O) groups is 4. The molecule has 0 fully saturated rings. The summed E-state index contributed by atoms with van der Waals surface area (Å²) in [5, 5.41) is 21.6. The van der Waals surface area contributed by atoms with Gasteiger partial charge in [0.1, 0.15) is 18.2 Å². The van der Waals surface area contributed by atoms with Crippen LogP contribution in [0.3, 0.4) is 0 Å². The van der Waals surface area contributed by atoms with Crippen LogP contribution >= 0.6 is 0 Å². The number of ether oxygens (including phenoxy) is 1. The lowest BCUT2D eigenvalue weighted by molar-refractivity contribution is -0.142.